The third kappa shape index (κ3) is 3.44. The first-order valence-electron chi connectivity index (χ1n) is 6.81. The van der Waals surface area contributed by atoms with Crippen LogP contribution in [-0.4, -0.2) is 36.0 Å². The Labute approximate surface area is 113 Å². The van der Waals surface area contributed by atoms with Crippen molar-refractivity contribution in [3.63, 3.8) is 0 Å². The Balaban J connectivity index is 1.99. The number of nitrogens with one attached hydrogen (secondary N) is 1. The van der Waals surface area contributed by atoms with Crippen LogP contribution in [0.4, 0.5) is 11.4 Å². The van der Waals surface area contributed by atoms with Crippen LogP contribution in [0.2, 0.25) is 0 Å². The molecule has 1 aliphatic heterocycles. The number of rotatable bonds is 5. The summed E-state index contributed by atoms with van der Waals surface area (Å²) in [4.78, 5) is 13.1. The summed E-state index contributed by atoms with van der Waals surface area (Å²) in [6, 6.07) is 5.20. The van der Waals surface area contributed by atoms with Gasteiger partial charge in [0.15, 0.2) is 0 Å². The fourth-order valence-electron chi connectivity index (χ4n) is 2.57. The quantitative estimate of drug-likeness (QED) is 0.655. The molecular weight excluding hydrogens is 242 g/mol. The van der Waals surface area contributed by atoms with Crippen LogP contribution < -0.4 is 5.32 Å². The highest BCUT2D eigenvalue weighted by Crippen LogP contribution is 2.26. The zero-order chi connectivity index (χ0) is 13.8. The summed E-state index contributed by atoms with van der Waals surface area (Å²) in [7, 11) is 0. The molecule has 1 saturated heterocycles. The van der Waals surface area contributed by atoms with Gasteiger partial charge in [0.05, 0.1) is 4.92 Å². The highest BCUT2D eigenvalue weighted by molar-refractivity contribution is 5.62. The Morgan fingerprint density at radius 2 is 2.32 bits per heavy atom. The molecule has 2 rings (SSSR count). The molecule has 0 amide bonds. The van der Waals surface area contributed by atoms with Crippen LogP contribution in [-0.2, 0) is 0 Å². The van der Waals surface area contributed by atoms with Gasteiger partial charge in [-0.25, -0.2) is 0 Å². The average Bonchev–Trinajstić information content (AvgIpc) is 2.84. The zero-order valence-electron chi connectivity index (χ0n) is 11.6. The molecule has 1 N–H and O–H groups in total. The molecule has 1 aliphatic rings. The van der Waals surface area contributed by atoms with Crippen molar-refractivity contribution in [3.8, 4) is 0 Å². The molecule has 19 heavy (non-hydrogen) atoms. The van der Waals surface area contributed by atoms with Gasteiger partial charge in [0.25, 0.3) is 5.69 Å². The topological polar surface area (TPSA) is 58.4 Å². The van der Waals surface area contributed by atoms with Crippen molar-refractivity contribution >= 4 is 11.4 Å². The van der Waals surface area contributed by atoms with Crippen LogP contribution in [0.5, 0.6) is 0 Å². The van der Waals surface area contributed by atoms with Gasteiger partial charge in [0.1, 0.15) is 5.69 Å². The first-order valence-corrected chi connectivity index (χ1v) is 6.81. The van der Waals surface area contributed by atoms with Gasteiger partial charge in [-0.05, 0) is 44.0 Å². The zero-order valence-corrected chi connectivity index (χ0v) is 11.6. The standard InChI is InChI=1S/C14H21N3O2/c1-3-16-7-6-12(10-16)9-15-13-8-11(2)4-5-14(13)17(18)19/h4-5,8,12,15H,3,6-7,9-10H2,1-2H3. The van der Waals surface area contributed by atoms with E-state index in [1.165, 1.54) is 6.42 Å². The minimum Gasteiger partial charge on any atom is -0.379 e. The van der Waals surface area contributed by atoms with Gasteiger partial charge in [-0.3, -0.25) is 10.1 Å². The molecule has 0 radical (unpaired) electrons. The molecule has 0 aliphatic carbocycles. The number of aryl methyl sites for hydroxylation is 1. The van der Waals surface area contributed by atoms with Gasteiger partial charge in [0.2, 0.25) is 0 Å². The summed E-state index contributed by atoms with van der Waals surface area (Å²) in [5.41, 5.74) is 1.84. The number of nitro benzene ring substituents is 1. The van der Waals surface area contributed by atoms with Gasteiger partial charge >= 0.3 is 0 Å². The Morgan fingerprint density at radius 3 is 2.95 bits per heavy atom. The molecule has 104 valence electrons. The summed E-state index contributed by atoms with van der Waals surface area (Å²) >= 11 is 0. The molecule has 5 nitrogen and oxygen atoms in total. The SMILES string of the molecule is CCN1CCC(CNc2cc(C)ccc2[N+](=O)[O-])C1. The molecular formula is C14H21N3O2. The van der Waals surface area contributed by atoms with Gasteiger partial charge < -0.3 is 10.2 Å². The molecule has 0 saturated carbocycles. The molecule has 1 aromatic rings. The van der Waals surface area contributed by atoms with E-state index in [2.05, 4.69) is 17.1 Å². The second-order valence-corrected chi connectivity index (χ2v) is 5.21. The number of hydrogen-bond acceptors (Lipinski definition) is 4. The largest absolute Gasteiger partial charge is 0.379 e. The molecule has 1 heterocycles. The molecule has 1 aromatic carbocycles. The normalized spacial score (nSPS) is 19.6. The van der Waals surface area contributed by atoms with Crippen LogP contribution in [0.25, 0.3) is 0 Å². The molecule has 0 aromatic heterocycles. The Bertz CT molecular complexity index is 462. The number of anilines is 1. The van der Waals surface area contributed by atoms with E-state index >= 15 is 0 Å². The van der Waals surface area contributed by atoms with E-state index in [-0.39, 0.29) is 10.6 Å². The van der Waals surface area contributed by atoms with Crippen molar-refractivity contribution in [3.05, 3.63) is 33.9 Å². The fraction of sp³-hybridized carbons (Fsp3) is 0.571. The van der Waals surface area contributed by atoms with Crippen molar-refractivity contribution in [1.29, 1.82) is 0 Å². The second kappa shape index (κ2) is 6.02. The number of nitro groups is 1. The number of nitrogens with zero attached hydrogens (tertiary/aromatic N) is 2. The highest BCUT2D eigenvalue weighted by atomic mass is 16.6. The summed E-state index contributed by atoms with van der Waals surface area (Å²) in [5, 5.41) is 14.2. The smallest absolute Gasteiger partial charge is 0.292 e. The van der Waals surface area contributed by atoms with E-state index in [0.717, 1.165) is 31.7 Å². The lowest BCUT2D eigenvalue weighted by Gasteiger charge is -2.14. The van der Waals surface area contributed by atoms with E-state index in [1.807, 2.05) is 13.0 Å². The first-order chi connectivity index (χ1) is 9.10. The van der Waals surface area contributed by atoms with Crippen LogP contribution in [0.3, 0.4) is 0 Å². The predicted octanol–water partition coefficient (Wildman–Crippen LogP) is 2.66. The van der Waals surface area contributed by atoms with Crippen LogP contribution in [0, 0.1) is 23.0 Å². The van der Waals surface area contributed by atoms with Crippen LogP contribution in [0.1, 0.15) is 18.9 Å². The van der Waals surface area contributed by atoms with Crippen LogP contribution in [0.15, 0.2) is 18.2 Å². The molecule has 0 bridgehead atoms. The predicted molar refractivity (Wildman–Crippen MR) is 76.5 cm³/mol. The third-order valence-corrected chi connectivity index (χ3v) is 3.75. The van der Waals surface area contributed by atoms with E-state index < -0.39 is 0 Å². The fourth-order valence-corrected chi connectivity index (χ4v) is 2.57. The Hall–Kier alpha value is -1.62. The third-order valence-electron chi connectivity index (χ3n) is 3.75. The minimum atomic E-state index is -0.325. The van der Waals surface area contributed by atoms with Gasteiger partial charge in [0, 0.05) is 19.2 Å². The average molecular weight is 263 g/mol. The molecule has 1 atom stereocenters. The lowest BCUT2D eigenvalue weighted by molar-refractivity contribution is -0.384. The van der Waals surface area contributed by atoms with E-state index in [9.17, 15) is 10.1 Å². The van der Waals surface area contributed by atoms with Gasteiger partial charge in [-0.15, -0.1) is 0 Å². The second-order valence-electron chi connectivity index (χ2n) is 5.21. The molecule has 1 fully saturated rings. The summed E-state index contributed by atoms with van der Waals surface area (Å²) in [6.07, 6.45) is 1.17. The maximum atomic E-state index is 11.0. The van der Waals surface area contributed by atoms with E-state index in [1.54, 1.807) is 12.1 Å². The molecule has 0 spiro atoms. The maximum absolute atomic E-state index is 11.0. The highest BCUT2D eigenvalue weighted by Gasteiger charge is 2.22. The summed E-state index contributed by atoms with van der Waals surface area (Å²) < 4.78 is 0. The lowest BCUT2D eigenvalue weighted by atomic mass is 10.1. The maximum Gasteiger partial charge on any atom is 0.292 e. The summed E-state index contributed by atoms with van der Waals surface area (Å²) in [5.74, 6) is 0.583. The molecule has 1 unspecified atom stereocenters. The van der Waals surface area contributed by atoms with Gasteiger partial charge in [-0.1, -0.05) is 13.0 Å². The summed E-state index contributed by atoms with van der Waals surface area (Å²) in [6.45, 7) is 8.23. The number of hydrogen-bond donors (Lipinski definition) is 1. The van der Waals surface area contributed by atoms with Crippen molar-refractivity contribution in [1.82, 2.24) is 4.90 Å². The molecule has 5 heteroatoms. The minimum absolute atomic E-state index is 0.163. The monoisotopic (exact) mass is 263 g/mol. The first kappa shape index (κ1) is 13.8. The van der Waals surface area contributed by atoms with Crippen molar-refractivity contribution in [2.45, 2.75) is 20.3 Å². The Kier molecular flexibility index (Phi) is 4.37. The van der Waals surface area contributed by atoms with E-state index in [0.29, 0.717) is 11.6 Å². The Morgan fingerprint density at radius 1 is 1.53 bits per heavy atom. The van der Waals surface area contributed by atoms with Crippen molar-refractivity contribution in [2.24, 2.45) is 5.92 Å². The van der Waals surface area contributed by atoms with E-state index in [4.69, 9.17) is 0 Å². The number of likely N-dealkylation sites (tertiary alicyclic amines) is 1. The van der Waals surface area contributed by atoms with Crippen molar-refractivity contribution in [2.75, 3.05) is 31.5 Å². The van der Waals surface area contributed by atoms with Gasteiger partial charge in [-0.2, -0.15) is 0 Å². The van der Waals surface area contributed by atoms with Crippen molar-refractivity contribution < 1.29 is 4.92 Å². The number of benzene rings is 1. The van der Waals surface area contributed by atoms with Crippen LogP contribution >= 0.6 is 0 Å². The lowest BCUT2D eigenvalue weighted by Crippen LogP contribution is -2.22.